The van der Waals surface area contributed by atoms with E-state index in [1.54, 1.807) is 0 Å². The zero-order valence-corrected chi connectivity index (χ0v) is 9.37. The predicted octanol–water partition coefficient (Wildman–Crippen LogP) is 1.33. The average molecular weight is 246 g/mol. The zero-order chi connectivity index (χ0) is 13.0. The lowest BCUT2D eigenvalue weighted by Gasteiger charge is -2.11. The molecule has 1 rings (SSSR count). The molecule has 0 aliphatic carbocycles. The molecule has 1 heterocycles. The first-order valence-electron chi connectivity index (χ1n) is 4.67. The number of pyridine rings is 1. The third-order valence-corrected chi connectivity index (χ3v) is 2.09. The highest BCUT2D eigenvalue weighted by molar-refractivity contribution is 5.73. The summed E-state index contributed by atoms with van der Waals surface area (Å²) in [6.45, 7) is 0. The van der Waals surface area contributed by atoms with Gasteiger partial charge in [-0.25, -0.2) is 13.8 Å². The Morgan fingerprint density at radius 3 is 2.65 bits per heavy atom. The van der Waals surface area contributed by atoms with Gasteiger partial charge in [0.2, 0.25) is 5.88 Å². The van der Waals surface area contributed by atoms with E-state index >= 15 is 0 Å². The normalized spacial score (nSPS) is 10.4. The van der Waals surface area contributed by atoms with Crippen LogP contribution in [0.3, 0.4) is 0 Å². The fraction of sp³-hybridized carbons (Fsp3) is 0.400. The van der Waals surface area contributed by atoms with Crippen molar-refractivity contribution < 1.29 is 23.0 Å². The quantitative estimate of drug-likeness (QED) is 0.811. The van der Waals surface area contributed by atoms with Crippen LogP contribution in [0.1, 0.15) is 17.7 Å². The molecular formula is C10H12F2N2O3. The number of hydrogen-bond donors (Lipinski definition) is 1. The Kier molecular flexibility index (Phi) is 4.19. The van der Waals surface area contributed by atoms with Crippen LogP contribution in [0.25, 0.3) is 0 Å². The lowest BCUT2D eigenvalue weighted by atomic mass is 10.1. The fourth-order valence-corrected chi connectivity index (χ4v) is 1.29. The number of halogens is 2. The first-order valence-corrected chi connectivity index (χ1v) is 4.67. The van der Waals surface area contributed by atoms with Gasteiger partial charge >= 0.3 is 5.97 Å². The van der Waals surface area contributed by atoms with Crippen molar-refractivity contribution in [2.75, 3.05) is 20.0 Å². The van der Waals surface area contributed by atoms with E-state index in [-0.39, 0.29) is 23.6 Å². The van der Waals surface area contributed by atoms with E-state index in [1.165, 1.54) is 20.3 Å². The summed E-state index contributed by atoms with van der Waals surface area (Å²) in [7, 11) is 2.44. The maximum absolute atomic E-state index is 12.7. The van der Waals surface area contributed by atoms with Crippen molar-refractivity contribution in [1.82, 2.24) is 4.98 Å². The molecular weight excluding hydrogens is 234 g/mol. The van der Waals surface area contributed by atoms with Crippen LogP contribution >= 0.6 is 0 Å². The van der Waals surface area contributed by atoms with Gasteiger partial charge in [0.05, 0.1) is 26.3 Å². The third-order valence-electron chi connectivity index (χ3n) is 2.09. The van der Waals surface area contributed by atoms with Crippen LogP contribution in [0.2, 0.25) is 0 Å². The molecule has 0 spiro atoms. The highest BCUT2D eigenvalue weighted by Crippen LogP contribution is 2.28. The van der Waals surface area contributed by atoms with Gasteiger partial charge in [-0.1, -0.05) is 0 Å². The van der Waals surface area contributed by atoms with Gasteiger partial charge < -0.3 is 15.2 Å². The number of nitrogens with zero attached hydrogens (tertiary/aromatic N) is 1. The van der Waals surface area contributed by atoms with Crippen molar-refractivity contribution in [2.45, 2.75) is 12.8 Å². The lowest BCUT2D eigenvalue weighted by molar-refractivity contribution is -0.139. The highest BCUT2D eigenvalue weighted by Gasteiger charge is 2.20. The molecule has 0 saturated heterocycles. The molecule has 2 N–H and O–H groups in total. The Morgan fingerprint density at radius 2 is 2.18 bits per heavy atom. The molecule has 0 saturated carbocycles. The van der Waals surface area contributed by atoms with Gasteiger partial charge in [-0.3, -0.25) is 4.79 Å². The third kappa shape index (κ3) is 3.02. The largest absolute Gasteiger partial charge is 0.480 e. The molecule has 0 bridgehead atoms. The zero-order valence-electron chi connectivity index (χ0n) is 9.37. The van der Waals surface area contributed by atoms with Gasteiger partial charge in [0.25, 0.3) is 6.43 Å². The molecule has 0 unspecified atom stereocenters. The smallest absolute Gasteiger partial charge is 0.310 e. The van der Waals surface area contributed by atoms with Crippen molar-refractivity contribution in [3.63, 3.8) is 0 Å². The minimum atomic E-state index is -2.82. The van der Waals surface area contributed by atoms with E-state index in [0.717, 1.165) is 0 Å². The van der Waals surface area contributed by atoms with E-state index in [4.69, 9.17) is 10.5 Å². The number of carbonyl (C=O) groups excluding carboxylic acids is 1. The number of hydrogen-bond acceptors (Lipinski definition) is 5. The number of anilines is 1. The Bertz CT molecular complexity index is 424. The summed E-state index contributed by atoms with van der Waals surface area (Å²) in [5.41, 5.74) is 5.13. The fourth-order valence-electron chi connectivity index (χ4n) is 1.29. The van der Waals surface area contributed by atoms with Gasteiger partial charge in [-0.05, 0) is 11.6 Å². The number of nitrogen functional groups attached to an aromatic ring is 1. The number of carbonyl (C=O) groups is 1. The molecule has 17 heavy (non-hydrogen) atoms. The summed E-state index contributed by atoms with van der Waals surface area (Å²) in [6.07, 6.45) is -3.12. The van der Waals surface area contributed by atoms with E-state index < -0.39 is 18.1 Å². The number of rotatable bonds is 4. The molecule has 0 atom stereocenters. The highest BCUT2D eigenvalue weighted by atomic mass is 19.3. The topological polar surface area (TPSA) is 74.4 Å². The summed E-state index contributed by atoms with van der Waals surface area (Å²) < 4.78 is 34.6. The molecule has 5 nitrogen and oxygen atoms in total. The molecule has 0 aromatic carbocycles. The van der Waals surface area contributed by atoms with Gasteiger partial charge in [0.15, 0.2) is 0 Å². The second kappa shape index (κ2) is 5.42. The number of ether oxygens (including phenoxy) is 2. The lowest BCUT2D eigenvalue weighted by Crippen LogP contribution is -2.10. The molecule has 1 aromatic rings. The van der Waals surface area contributed by atoms with Gasteiger partial charge in [-0.2, -0.15) is 0 Å². The molecule has 1 aromatic heterocycles. The van der Waals surface area contributed by atoms with Gasteiger partial charge in [0.1, 0.15) is 5.69 Å². The Morgan fingerprint density at radius 1 is 1.53 bits per heavy atom. The SMILES string of the molecule is COC(=O)Cc1cc(N)c(OC)nc1C(F)F. The Hall–Kier alpha value is -1.92. The minimum absolute atomic E-state index is 0.0325. The number of aromatic nitrogens is 1. The summed E-state index contributed by atoms with van der Waals surface area (Å²) in [5.74, 6) is -0.729. The molecule has 0 aliphatic rings. The van der Waals surface area contributed by atoms with Crippen LogP contribution in [0.15, 0.2) is 6.07 Å². The molecule has 0 amide bonds. The second-order valence-electron chi connectivity index (χ2n) is 3.18. The van der Waals surface area contributed by atoms with Crippen LogP contribution in [0, 0.1) is 0 Å². The van der Waals surface area contributed by atoms with Crippen molar-refractivity contribution in [3.05, 3.63) is 17.3 Å². The molecule has 0 aliphatic heterocycles. The first kappa shape index (κ1) is 13.1. The number of methoxy groups -OCH3 is 2. The van der Waals surface area contributed by atoms with E-state index in [9.17, 15) is 13.6 Å². The molecule has 7 heteroatoms. The first-order chi connectivity index (χ1) is 7.99. The Labute approximate surface area is 96.5 Å². The predicted molar refractivity (Wildman–Crippen MR) is 55.9 cm³/mol. The number of nitrogens with two attached hydrogens (primary N) is 1. The number of alkyl halides is 2. The van der Waals surface area contributed by atoms with E-state index in [0.29, 0.717) is 0 Å². The monoisotopic (exact) mass is 246 g/mol. The standard InChI is InChI=1S/C10H12F2N2O3/c1-16-7(15)4-5-3-6(13)10(17-2)14-8(5)9(11)12/h3,9H,4,13H2,1-2H3. The van der Waals surface area contributed by atoms with Crippen LogP contribution in [-0.2, 0) is 16.0 Å². The van der Waals surface area contributed by atoms with Crippen LogP contribution in [-0.4, -0.2) is 25.2 Å². The van der Waals surface area contributed by atoms with Gasteiger partial charge in [0, 0.05) is 0 Å². The second-order valence-corrected chi connectivity index (χ2v) is 3.18. The molecule has 94 valence electrons. The Balaban J connectivity index is 3.18. The molecule has 0 fully saturated rings. The van der Waals surface area contributed by atoms with Crippen molar-refractivity contribution >= 4 is 11.7 Å². The summed E-state index contributed by atoms with van der Waals surface area (Å²) in [4.78, 5) is 14.6. The van der Waals surface area contributed by atoms with Crippen molar-refractivity contribution in [2.24, 2.45) is 0 Å². The van der Waals surface area contributed by atoms with Crippen LogP contribution < -0.4 is 10.5 Å². The summed E-state index contributed by atoms with van der Waals surface area (Å²) in [6, 6.07) is 1.24. The van der Waals surface area contributed by atoms with Gasteiger partial charge in [-0.15, -0.1) is 0 Å². The minimum Gasteiger partial charge on any atom is -0.480 e. The van der Waals surface area contributed by atoms with Crippen LogP contribution in [0.4, 0.5) is 14.5 Å². The van der Waals surface area contributed by atoms with E-state index in [1.807, 2.05) is 0 Å². The summed E-state index contributed by atoms with van der Waals surface area (Å²) >= 11 is 0. The summed E-state index contributed by atoms with van der Waals surface area (Å²) in [5, 5.41) is 0. The van der Waals surface area contributed by atoms with E-state index in [2.05, 4.69) is 9.72 Å². The van der Waals surface area contributed by atoms with Crippen LogP contribution in [0.5, 0.6) is 5.88 Å². The maximum Gasteiger partial charge on any atom is 0.310 e. The molecule has 0 radical (unpaired) electrons. The average Bonchev–Trinajstić information content (AvgIpc) is 2.28. The van der Waals surface area contributed by atoms with Crippen molar-refractivity contribution in [3.8, 4) is 5.88 Å². The maximum atomic E-state index is 12.7. The van der Waals surface area contributed by atoms with Crippen molar-refractivity contribution in [1.29, 1.82) is 0 Å². The number of esters is 1.